The number of allylic oxidation sites excluding steroid dienone is 1. The van der Waals surface area contributed by atoms with Crippen molar-refractivity contribution in [2.75, 3.05) is 13.2 Å². The topological polar surface area (TPSA) is 84.9 Å². The van der Waals surface area contributed by atoms with Crippen LogP contribution in [0.1, 0.15) is 35.0 Å². The Bertz CT molecular complexity index is 546. The molecule has 0 aromatic carbocycles. The Morgan fingerprint density at radius 1 is 1.68 bits per heavy atom. The predicted molar refractivity (Wildman–Crippen MR) is 75.4 cm³/mol. The van der Waals surface area contributed by atoms with Crippen LogP contribution in [0.3, 0.4) is 0 Å². The van der Waals surface area contributed by atoms with Crippen LogP contribution in [0, 0.1) is 0 Å². The molecule has 0 bridgehead atoms. The molecule has 1 aromatic heterocycles. The van der Waals surface area contributed by atoms with E-state index in [1.807, 2.05) is 0 Å². The van der Waals surface area contributed by atoms with Gasteiger partial charge in [-0.05, 0) is 24.3 Å². The summed E-state index contributed by atoms with van der Waals surface area (Å²) >= 11 is 1.14. The van der Waals surface area contributed by atoms with E-state index in [0.717, 1.165) is 41.0 Å². The highest BCUT2D eigenvalue weighted by Crippen LogP contribution is 2.34. The third kappa shape index (κ3) is 2.78. The number of hydrogen-bond acceptors (Lipinski definition) is 5. The first-order chi connectivity index (χ1) is 9.17. The third-order valence-corrected chi connectivity index (χ3v) is 3.82. The molecule has 1 aliphatic rings. The molecule has 3 N–H and O–H groups in total. The molecule has 0 saturated carbocycles. The second-order valence-corrected chi connectivity index (χ2v) is 5.15. The average Bonchev–Trinajstić information content (AvgIpc) is 2.72. The number of carboxylic acids is 1. The predicted octanol–water partition coefficient (Wildman–Crippen LogP) is 2.27. The lowest BCUT2D eigenvalue weighted by Gasteiger charge is -2.07. The molecule has 2 rings (SSSR count). The number of rotatable bonds is 4. The zero-order valence-electron chi connectivity index (χ0n) is 10.7. The minimum absolute atomic E-state index is 0.257. The van der Waals surface area contributed by atoms with E-state index in [1.54, 1.807) is 12.3 Å². The Hall–Kier alpha value is -1.82. The van der Waals surface area contributed by atoms with Crippen LogP contribution >= 0.6 is 11.3 Å². The lowest BCUT2D eigenvalue weighted by Crippen LogP contribution is -2.07. The number of carbonyl (C=O) groups is 1. The minimum atomic E-state index is -0.949. The number of aliphatic imine (C=N–C) groups is 1. The van der Waals surface area contributed by atoms with Crippen molar-refractivity contribution in [3.8, 4) is 5.06 Å². The van der Waals surface area contributed by atoms with Crippen LogP contribution in [-0.4, -0.2) is 29.9 Å². The van der Waals surface area contributed by atoms with Crippen molar-refractivity contribution in [2.24, 2.45) is 10.7 Å². The van der Waals surface area contributed by atoms with Crippen LogP contribution in [0.2, 0.25) is 0 Å². The first kappa shape index (κ1) is 13.6. The number of ether oxygens (including phenoxy) is 1. The first-order valence-electron chi connectivity index (χ1n) is 6.13. The highest BCUT2D eigenvalue weighted by molar-refractivity contribution is 7.16. The van der Waals surface area contributed by atoms with E-state index in [0.29, 0.717) is 18.2 Å². The Kier molecular flexibility index (Phi) is 4.21. The molecule has 0 atom stereocenters. The Labute approximate surface area is 115 Å². The standard InChI is InChI=1S/C13H16N2O3S/c1-2-3-8(7-14)11-9-6-10(12(16)17)19-13(9)18-5-4-15-11/h6-7H,2-5,14H2,1H3,(H,16,17). The van der Waals surface area contributed by atoms with Gasteiger partial charge in [-0.3, -0.25) is 4.99 Å². The zero-order chi connectivity index (χ0) is 13.8. The van der Waals surface area contributed by atoms with E-state index in [1.165, 1.54) is 0 Å². The van der Waals surface area contributed by atoms with Gasteiger partial charge in [0.25, 0.3) is 0 Å². The van der Waals surface area contributed by atoms with Crippen molar-refractivity contribution in [1.82, 2.24) is 0 Å². The molecule has 0 fully saturated rings. The van der Waals surface area contributed by atoms with Gasteiger partial charge in [0.2, 0.25) is 0 Å². The summed E-state index contributed by atoms with van der Waals surface area (Å²) in [5.74, 6) is -0.949. The summed E-state index contributed by atoms with van der Waals surface area (Å²) in [7, 11) is 0. The van der Waals surface area contributed by atoms with Crippen molar-refractivity contribution in [3.05, 3.63) is 28.3 Å². The lowest BCUT2D eigenvalue weighted by atomic mass is 10.0. The summed E-state index contributed by atoms with van der Waals surface area (Å²) < 4.78 is 5.55. The van der Waals surface area contributed by atoms with Crippen LogP contribution in [0.4, 0.5) is 0 Å². The van der Waals surface area contributed by atoms with Gasteiger partial charge < -0.3 is 15.6 Å². The average molecular weight is 280 g/mol. The highest BCUT2D eigenvalue weighted by atomic mass is 32.1. The third-order valence-electron chi connectivity index (χ3n) is 2.78. The van der Waals surface area contributed by atoms with E-state index in [2.05, 4.69) is 11.9 Å². The second kappa shape index (κ2) is 5.88. The van der Waals surface area contributed by atoms with E-state index in [-0.39, 0.29) is 4.88 Å². The molecule has 6 heteroatoms. The monoisotopic (exact) mass is 280 g/mol. The SMILES string of the molecule is CCCC(=CN)C1=NCCOc2sc(C(=O)O)cc21. The minimum Gasteiger partial charge on any atom is -0.481 e. The van der Waals surface area contributed by atoms with Crippen LogP contribution in [-0.2, 0) is 0 Å². The van der Waals surface area contributed by atoms with Gasteiger partial charge in [0.1, 0.15) is 11.5 Å². The van der Waals surface area contributed by atoms with Crippen LogP contribution in [0.5, 0.6) is 5.06 Å². The summed E-state index contributed by atoms with van der Waals surface area (Å²) in [4.78, 5) is 15.8. The van der Waals surface area contributed by atoms with Crippen LogP contribution in [0.25, 0.3) is 0 Å². The summed E-state index contributed by atoms with van der Waals surface area (Å²) in [6.07, 6.45) is 3.32. The van der Waals surface area contributed by atoms with E-state index in [4.69, 9.17) is 15.6 Å². The van der Waals surface area contributed by atoms with Crippen molar-refractivity contribution in [3.63, 3.8) is 0 Å². The van der Waals surface area contributed by atoms with E-state index in [9.17, 15) is 4.79 Å². The van der Waals surface area contributed by atoms with E-state index < -0.39 is 5.97 Å². The molecule has 0 saturated heterocycles. The Morgan fingerprint density at radius 2 is 2.47 bits per heavy atom. The van der Waals surface area contributed by atoms with Crippen molar-refractivity contribution in [2.45, 2.75) is 19.8 Å². The molecular weight excluding hydrogens is 264 g/mol. The number of nitrogens with zero attached hydrogens (tertiary/aromatic N) is 1. The smallest absolute Gasteiger partial charge is 0.346 e. The molecule has 19 heavy (non-hydrogen) atoms. The summed E-state index contributed by atoms with van der Waals surface area (Å²) in [5.41, 5.74) is 8.11. The maximum atomic E-state index is 11.1. The first-order valence-corrected chi connectivity index (χ1v) is 6.95. The van der Waals surface area contributed by atoms with Gasteiger partial charge in [-0.2, -0.15) is 0 Å². The maximum absolute atomic E-state index is 11.1. The van der Waals surface area contributed by atoms with Gasteiger partial charge in [0, 0.05) is 0 Å². The molecule has 102 valence electrons. The van der Waals surface area contributed by atoms with Gasteiger partial charge >= 0.3 is 5.97 Å². The van der Waals surface area contributed by atoms with Gasteiger partial charge in [-0.15, -0.1) is 0 Å². The van der Waals surface area contributed by atoms with Crippen molar-refractivity contribution < 1.29 is 14.6 Å². The van der Waals surface area contributed by atoms with Crippen molar-refractivity contribution in [1.29, 1.82) is 0 Å². The largest absolute Gasteiger partial charge is 0.481 e. The molecule has 2 heterocycles. The zero-order valence-corrected chi connectivity index (χ0v) is 11.5. The molecule has 1 aliphatic heterocycles. The Morgan fingerprint density at radius 3 is 3.11 bits per heavy atom. The van der Waals surface area contributed by atoms with Crippen molar-refractivity contribution >= 4 is 23.0 Å². The van der Waals surface area contributed by atoms with Crippen LogP contribution in [0.15, 0.2) is 22.8 Å². The second-order valence-electron chi connectivity index (χ2n) is 4.14. The quantitative estimate of drug-likeness (QED) is 0.886. The molecule has 0 spiro atoms. The van der Waals surface area contributed by atoms with Crippen LogP contribution < -0.4 is 10.5 Å². The number of carboxylic acid groups (broad SMARTS) is 1. The summed E-state index contributed by atoms with van der Waals surface area (Å²) in [6.45, 7) is 3.08. The maximum Gasteiger partial charge on any atom is 0.346 e. The fraction of sp³-hybridized carbons (Fsp3) is 0.385. The fourth-order valence-electron chi connectivity index (χ4n) is 1.96. The van der Waals surface area contributed by atoms with E-state index >= 15 is 0 Å². The van der Waals surface area contributed by atoms with Gasteiger partial charge in [0.05, 0.1) is 17.8 Å². The van der Waals surface area contributed by atoms with Gasteiger partial charge in [0.15, 0.2) is 5.06 Å². The molecule has 0 aliphatic carbocycles. The number of fused-ring (bicyclic) bond motifs is 1. The van der Waals surface area contributed by atoms with Gasteiger partial charge in [-0.25, -0.2) is 4.79 Å². The number of hydrogen-bond donors (Lipinski definition) is 2. The molecular formula is C13H16N2O3S. The fourth-order valence-corrected chi connectivity index (χ4v) is 2.83. The lowest BCUT2D eigenvalue weighted by molar-refractivity contribution is 0.0702. The summed E-state index contributed by atoms with van der Waals surface area (Å²) in [5, 5.41) is 9.68. The number of nitrogens with two attached hydrogens (primary N) is 1. The van der Waals surface area contributed by atoms with Gasteiger partial charge in [-0.1, -0.05) is 24.7 Å². The molecule has 5 nitrogen and oxygen atoms in total. The molecule has 0 unspecified atom stereocenters. The molecule has 1 aromatic rings. The number of thiophene rings is 1. The highest BCUT2D eigenvalue weighted by Gasteiger charge is 2.22. The summed E-state index contributed by atoms with van der Waals surface area (Å²) in [6, 6.07) is 1.62. The molecule has 0 radical (unpaired) electrons. The molecule has 0 amide bonds. The Balaban J connectivity index is 2.46. The normalized spacial score (nSPS) is 15.2. The number of aromatic carboxylic acids is 1.